The van der Waals surface area contributed by atoms with Crippen molar-refractivity contribution in [1.82, 2.24) is 10.2 Å². The van der Waals surface area contributed by atoms with Crippen molar-refractivity contribution in [2.45, 2.75) is 6.18 Å². The number of hydrogen-bond acceptors (Lipinski definition) is 2. The highest BCUT2D eigenvalue weighted by Crippen LogP contribution is 2.42. The number of hydrogen-bond donors (Lipinski definition) is 1. The van der Waals surface area contributed by atoms with Gasteiger partial charge < -0.3 is 0 Å². The number of benzene rings is 1. The van der Waals surface area contributed by atoms with Crippen LogP contribution in [0.5, 0.6) is 0 Å². The van der Waals surface area contributed by atoms with E-state index in [9.17, 15) is 13.2 Å². The quantitative estimate of drug-likeness (QED) is 0.721. The third-order valence-corrected chi connectivity index (χ3v) is 3.59. The highest BCUT2D eigenvalue weighted by Gasteiger charge is 2.39. The first kappa shape index (κ1) is 12.9. The van der Waals surface area contributed by atoms with Gasteiger partial charge in [0.15, 0.2) is 0 Å². The van der Waals surface area contributed by atoms with E-state index in [1.54, 1.807) is 47.2 Å². The van der Waals surface area contributed by atoms with E-state index in [2.05, 4.69) is 10.2 Å². The van der Waals surface area contributed by atoms with Crippen molar-refractivity contribution < 1.29 is 13.2 Å². The van der Waals surface area contributed by atoms with Gasteiger partial charge in [0.05, 0.1) is 5.69 Å². The van der Waals surface area contributed by atoms with Crippen molar-refractivity contribution in [1.29, 1.82) is 0 Å². The predicted molar refractivity (Wildman–Crippen MR) is 72.3 cm³/mol. The molecule has 0 aliphatic heterocycles. The van der Waals surface area contributed by atoms with Crippen LogP contribution in [0.2, 0.25) is 0 Å². The van der Waals surface area contributed by atoms with E-state index in [0.717, 1.165) is 0 Å². The van der Waals surface area contributed by atoms with Gasteiger partial charge >= 0.3 is 6.18 Å². The van der Waals surface area contributed by atoms with Gasteiger partial charge in [0.25, 0.3) is 0 Å². The van der Waals surface area contributed by atoms with Gasteiger partial charge in [-0.05, 0) is 11.4 Å². The van der Waals surface area contributed by atoms with Crippen molar-refractivity contribution in [2.75, 3.05) is 0 Å². The lowest BCUT2D eigenvalue weighted by Crippen LogP contribution is -2.07. The lowest BCUT2D eigenvalue weighted by Gasteiger charge is -2.09. The van der Waals surface area contributed by atoms with Crippen molar-refractivity contribution in [3.05, 3.63) is 52.7 Å². The number of thiophene rings is 1. The summed E-state index contributed by atoms with van der Waals surface area (Å²) in [5, 5.41) is 9.76. The van der Waals surface area contributed by atoms with Crippen LogP contribution in [0.3, 0.4) is 0 Å². The SMILES string of the molecule is FC(F)(F)c1c(-c2ccsc2)n[nH]c1-c1ccccc1. The maximum Gasteiger partial charge on any atom is 0.420 e. The molecule has 0 fully saturated rings. The maximum absolute atomic E-state index is 13.4. The molecular weight excluding hydrogens is 285 g/mol. The Morgan fingerprint density at radius 2 is 1.75 bits per heavy atom. The third-order valence-electron chi connectivity index (χ3n) is 2.91. The van der Waals surface area contributed by atoms with E-state index in [1.165, 1.54) is 11.3 Å². The second kappa shape index (κ2) is 4.79. The first-order chi connectivity index (χ1) is 9.57. The third kappa shape index (κ3) is 2.22. The van der Waals surface area contributed by atoms with Gasteiger partial charge in [-0.2, -0.15) is 29.6 Å². The second-order valence-electron chi connectivity index (χ2n) is 4.20. The van der Waals surface area contributed by atoms with E-state index >= 15 is 0 Å². The largest absolute Gasteiger partial charge is 0.420 e. The summed E-state index contributed by atoms with van der Waals surface area (Å²) in [4.78, 5) is 0. The fourth-order valence-electron chi connectivity index (χ4n) is 2.04. The molecule has 0 aliphatic carbocycles. The van der Waals surface area contributed by atoms with E-state index in [4.69, 9.17) is 0 Å². The molecular formula is C14H9F3N2S. The fraction of sp³-hybridized carbons (Fsp3) is 0.0714. The lowest BCUT2D eigenvalue weighted by molar-refractivity contribution is -0.136. The fourth-order valence-corrected chi connectivity index (χ4v) is 2.68. The van der Waals surface area contributed by atoms with Gasteiger partial charge in [0, 0.05) is 16.5 Å². The summed E-state index contributed by atoms with van der Waals surface area (Å²) < 4.78 is 40.1. The molecule has 3 aromatic rings. The molecule has 20 heavy (non-hydrogen) atoms. The number of nitrogens with zero attached hydrogens (tertiary/aromatic N) is 1. The molecule has 0 unspecified atom stereocenters. The molecule has 102 valence electrons. The van der Waals surface area contributed by atoms with Crippen molar-refractivity contribution in [3.63, 3.8) is 0 Å². The molecule has 0 saturated heterocycles. The van der Waals surface area contributed by atoms with E-state index in [-0.39, 0.29) is 11.4 Å². The minimum absolute atomic E-state index is 0.000648. The molecule has 3 rings (SSSR count). The summed E-state index contributed by atoms with van der Waals surface area (Å²) in [6.45, 7) is 0. The summed E-state index contributed by atoms with van der Waals surface area (Å²) in [5.41, 5.74) is 0.161. The zero-order valence-electron chi connectivity index (χ0n) is 10.1. The van der Waals surface area contributed by atoms with Crippen LogP contribution in [0.1, 0.15) is 5.56 Å². The minimum Gasteiger partial charge on any atom is -0.277 e. The van der Waals surface area contributed by atoms with Crippen molar-refractivity contribution in [3.8, 4) is 22.5 Å². The van der Waals surface area contributed by atoms with Gasteiger partial charge in [0.1, 0.15) is 11.3 Å². The Morgan fingerprint density at radius 1 is 1.00 bits per heavy atom. The second-order valence-corrected chi connectivity index (χ2v) is 4.98. The van der Waals surface area contributed by atoms with E-state index in [1.807, 2.05) is 0 Å². The van der Waals surface area contributed by atoms with Crippen LogP contribution in [0.15, 0.2) is 47.2 Å². The number of alkyl halides is 3. The normalized spacial score (nSPS) is 11.8. The topological polar surface area (TPSA) is 28.7 Å². The Hall–Kier alpha value is -2.08. The maximum atomic E-state index is 13.4. The van der Waals surface area contributed by atoms with Gasteiger partial charge in [0.2, 0.25) is 0 Å². The molecule has 0 bridgehead atoms. The molecule has 0 spiro atoms. The number of halogens is 3. The lowest BCUT2D eigenvalue weighted by atomic mass is 10.0. The van der Waals surface area contributed by atoms with Crippen molar-refractivity contribution >= 4 is 11.3 Å². The summed E-state index contributed by atoms with van der Waals surface area (Å²) in [6, 6.07) is 10.0. The summed E-state index contributed by atoms with van der Waals surface area (Å²) in [5.74, 6) is 0. The van der Waals surface area contributed by atoms with Crippen LogP contribution in [-0.4, -0.2) is 10.2 Å². The van der Waals surface area contributed by atoms with E-state index < -0.39 is 11.7 Å². The molecule has 1 aromatic carbocycles. The number of H-pyrrole nitrogens is 1. The molecule has 0 aliphatic rings. The molecule has 2 nitrogen and oxygen atoms in total. The average Bonchev–Trinajstić information content (AvgIpc) is 3.08. The van der Waals surface area contributed by atoms with Crippen LogP contribution < -0.4 is 0 Å². The number of aromatic amines is 1. The molecule has 2 heterocycles. The van der Waals surface area contributed by atoms with Gasteiger partial charge in [-0.1, -0.05) is 30.3 Å². The molecule has 6 heteroatoms. The zero-order valence-corrected chi connectivity index (χ0v) is 10.9. The smallest absolute Gasteiger partial charge is 0.277 e. The Kier molecular flexibility index (Phi) is 3.10. The molecule has 1 N–H and O–H groups in total. The molecule has 0 radical (unpaired) electrons. The van der Waals surface area contributed by atoms with Crippen LogP contribution in [0, 0.1) is 0 Å². The van der Waals surface area contributed by atoms with Crippen molar-refractivity contribution in [2.24, 2.45) is 0 Å². The number of nitrogens with one attached hydrogen (secondary N) is 1. The highest BCUT2D eigenvalue weighted by molar-refractivity contribution is 7.08. The Morgan fingerprint density at radius 3 is 2.35 bits per heavy atom. The highest BCUT2D eigenvalue weighted by atomic mass is 32.1. The van der Waals surface area contributed by atoms with Gasteiger partial charge in [-0.3, -0.25) is 5.10 Å². The summed E-state index contributed by atoms with van der Waals surface area (Å²) in [7, 11) is 0. The van der Waals surface area contributed by atoms with Crippen LogP contribution in [0.25, 0.3) is 22.5 Å². The number of aromatic nitrogens is 2. The Bertz CT molecular complexity index is 700. The van der Waals surface area contributed by atoms with E-state index in [0.29, 0.717) is 11.1 Å². The van der Waals surface area contributed by atoms with Gasteiger partial charge in [-0.15, -0.1) is 0 Å². The van der Waals surface area contributed by atoms with Crippen LogP contribution in [0.4, 0.5) is 13.2 Å². The standard InChI is InChI=1S/C14H9F3N2S/c15-14(16,17)11-12(9-4-2-1-3-5-9)18-19-13(11)10-6-7-20-8-10/h1-8H,(H,18,19). The van der Waals surface area contributed by atoms with Gasteiger partial charge in [-0.25, -0.2) is 0 Å². The predicted octanol–water partition coefficient (Wildman–Crippen LogP) is 4.82. The minimum atomic E-state index is -4.46. The molecule has 2 aromatic heterocycles. The van der Waals surface area contributed by atoms with Crippen LogP contribution >= 0.6 is 11.3 Å². The zero-order chi connectivity index (χ0) is 14.2. The molecule has 0 atom stereocenters. The monoisotopic (exact) mass is 294 g/mol. The Labute approximate surface area is 116 Å². The number of rotatable bonds is 2. The molecule has 0 saturated carbocycles. The average molecular weight is 294 g/mol. The summed E-state index contributed by atoms with van der Waals surface area (Å²) >= 11 is 1.34. The van der Waals surface area contributed by atoms with Crippen LogP contribution in [-0.2, 0) is 6.18 Å². The first-order valence-corrected chi connectivity index (χ1v) is 6.75. The Balaban J connectivity index is 2.23. The summed E-state index contributed by atoms with van der Waals surface area (Å²) in [6.07, 6.45) is -4.46. The molecule has 0 amide bonds. The first-order valence-electron chi connectivity index (χ1n) is 5.81.